The number of hydrogen-bond acceptors (Lipinski definition) is 2. The number of benzene rings is 1. The van der Waals surface area contributed by atoms with E-state index in [1.165, 1.54) is 18.2 Å². The normalized spacial score (nSPS) is 23.4. The Hall–Kier alpha value is -1.16. The lowest BCUT2D eigenvalue weighted by Crippen LogP contribution is -2.49. The third-order valence-electron chi connectivity index (χ3n) is 3.72. The van der Waals surface area contributed by atoms with E-state index in [4.69, 9.17) is 0 Å². The van der Waals surface area contributed by atoms with E-state index in [9.17, 15) is 8.78 Å². The fourth-order valence-electron chi connectivity index (χ4n) is 2.83. The summed E-state index contributed by atoms with van der Waals surface area (Å²) in [6.07, 6.45) is 1.08. The summed E-state index contributed by atoms with van der Waals surface area (Å²) in [7, 11) is 0. The van der Waals surface area contributed by atoms with E-state index in [1.807, 2.05) is 4.90 Å². The highest BCUT2D eigenvalue weighted by Crippen LogP contribution is 2.26. The molecule has 2 nitrogen and oxygen atoms in total. The van der Waals surface area contributed by atoms with Crippen molar-refractivity contribution in [2.24, 2.45) is 11.8 Å². The summed E-state index contributed by atoms with van der Waals surface area (Å²) in [5, 5.41) is 3.53. The van der Waals surface area contributed by atoms with Gasteiger partial charge in [0.2, 0.25) is 0 Å². The van der Waals surface area contributed by atoms with Crippen LogP contribution in [0, 0.1) is 23.5 Å². The summed E-state index contributed by atoms with van der Waals surface area (Å²) >= 11 is 0. The van der Waals surface area contributed by atoms with Crippen molar-refractivity contribution in [2.75, 3.05) is 24.5 Å². The largest absolute Gasteiger partial charge is 0.367 e. The zero-order valence-corrected chi connectivity index (χ0v) is 12.5. The molecule has 112 valence electrons. The van der Waals surface area contributed by atoms with Gasteiger partial charge in [0.05, 0.1) is 5.69 Å². The van der Waals surface area contributed by atoms with Crippen LogP contribution in [0.4, 0.5) is 14.5 Å². The SMILES string of the molecule is CC(C)CNC1CC(C)CN(c2cc(F)ccc2F)C1. The Morgan fingerprint density at radius 1 is 1.30 bits per heavy atom. The zero-order chi connectivity index (χ0) is 14.7. The van der Waals surface area contributed by atoms with Gasteiger partial charge in [0.25, 0.3) is 0 Å². The van der Waals surface area contributed by atoms with E-state index in [2.05, 4.69) is 26.1 Å². The van der Waals surface area contributed by atoms with Crippen LogP contribution < -0.4 is 10.2 Å². The van der Waals surface area contributed by atoms with E-state index in [-0.39, 0.29) is 11.6 Å². The summed E-state index contributed by atoms with van der Waals surface area (Å²) in [6, 6.07) is 4.01. The summed E-state index contributed by atoms with van der Waals surface area (Å²) in [5.41, 5.74) is 0.382. The molecule has 0 aromatic heterocycles. The van der Waals surface area contributed by atoms with E-state index in [0.29, 0.717) is 23.6 Å². The van der Waals surface area contributed by atoms with E-state index in [1.54, 1.807) is 0 Å². The molecule has 4 heteroatoms. The Labute approximate surface area is 120 Å². The van der Waals surface area contributed by atoms with Gasteiger partial charge in [-0.1, -0.05) is 20.8 Å². The molecule has 0 radical (unpaired) electrons. The predicted molar refractivity (Wildman–Crippen MR) is 79.0 cm³/mol. The lowest BCUT2D eigenvalue weighted by atomic mass is 9.95. The van der Waals surface area contributed by atoms with Crippen molar-refractivity contribution in [3.8, 4) is 0 Å². The molecule has 0 spiro atoms. The van der Waals surface area contributed by atoms with Crippen molar-refractivity contribution in [3.05, 3.63) is 29.8 Å². The monoisotopic (exact) mass is 282 g/mol. The van der Waals surface area contributed by atoms with Crippen LogP contribution in [-0.4, -0.2) is 25.7 Å². The van der Waals surface area contributed by atoms with Crippen LogP contribution >= 0.6 is 0 Å². The summed E-state index contributed by atoms with van der Waals surface area (Å²) in [5.74, 6) is 0.331. The van der Waals surface area contributed by atoms with Gasteiger partial charge in [0, 0.05) is 25.2 Å². The van der Waals surface area contributed by atoms with Crippen LogP contribution in [0.2, 0.25) is 0 Å². The van der Waals surface area contributed by atoms with Gasteiger partial charge in [-0.3, -0.25) is 0 Å². The number of piperidine rings is 1. The van der Waals surface area contributed by atoms with E-state index < -0.39 is 0 Å². The standard InChI is InChI=1S/C16H24F2N2/c1-11(2)8-19-14-6-12(3)9-20(10-14)16-7-13(17)4-5-15(16)18/h4-5,7,11-12,14,19H,6,8-10H2,1-3H3. The minimum atomic E-state index is -0.383. The highest BCUT2D eigenvalue weighted by Gasteiger charge is 2.26. The summed E-state index contributed by atoms with van der Waals surface area (Å²) in [4.78, 5) is 1.96. The van der Waals surface area contributed by atoms with Gasteiger partial charge in [0.15, 0.2) is 0 Å². The summed E-state index contributed by atoms with van der Waals surface area (Å²) in [6.45, 7) is 8.97. The molecule has 1 aromatic rings. The van der Waals surface area contributed by atoms with Crippen molar-refractivity contribution in [1.29, 1.82) is 0 Å². The first-order valence-electron chi connectivity index (χ1n) is 7.39. The molecule has 20 heavy (non-hydrogen) atoms. The lowest BCUT2D eigenvalue weighted by molar-refractivity contribution is 0.337. The van der Waals surface area contributed by atoms with Gasteiger partial charge in [0.1, 0.15) is 11.6 Å². The number of rotatable bonds is 4. The first kappa shape index (κ1) is 15.2. The number of halogens is 2. The molecule has 2 unspecified atom stereocenters. The predicted octanol–water partition coefficient (Wildman–Crippen LogP) is 3.43. The minimum absolute atomic E-state index is 0.337. The molecular weight excluding hydrogens is 258 g/mol. The minimum Gasteiger partial charge on any atom is -0.367 e. The quantitative estimate of drug-likeness (QED) is 0.910. The molecule has 1 fully saturated rings. The molecule has 1 saturated heterocycles. The molecule has 1 aromatic carbocycles. The smallest absolute Gasteiger partial charge is 0.146 e. The van der Waals surface area contributed by atoms with Gasteiger partial charge in [-0.2, -0.15) is 0 Å². The van der Waals surface area contributed by atoms with Crippen LogP contribution in [-0.2, 0) is 0 Å². The Bertz CT molecular complexity index is 448. The van der Waals surface area contributed by atoms with Gasteiger partial charge >= 0.3 is 0 Å². The molecule has 1 heterocycles. The second-order valence-electron chi connectivity index (χ2n) is 6.34. The maximum Gasteiger partial charge on any atom is 0.146 e. The van der Waals surface area contributed by atoms with Crippen LogP contribution in [0.25, 0.3) is 0 Å². The zero-order valence-electron chi connectivity index (χ0n) is 12.5. The van der Waals surface area contributed by atoms with Crippen LogP contribution in [0.1, 0.15) is 27.2 Å². The fraction of sp³-hybridized carbons (Fsp3) is 0.625. The van der Waals surface area contributed by atoms with Crippen LogP contribution in [0.3, 0.4) is 0 Å². The molecule has 1 N–H and O–H groups in total. The van der Waals surface area contributed by atoms with Crippen LogP contribution in [0.15, 0.2) is 18.2 Å². The van der Waals surface area contributed by atoms with Crippen molar-refractivity contribution < 1.29 is 8.78 Å². The van der Waals surface area contributed by atoms with Crippen molar-refractivity contribution >= 4 is 5.69 Å². The van der Waals surface area contributed by atoms with Gasteiger partial charge in [-0.15, -0.1) is 0 Å². The molecule has 0 bridgehead atoms. The molecule has 0 amide bonds. The number of hydrogen-bond donors (Lipinski definition) is 1. The molecule has 1 aliphatic rings. The Kier molecular flexibility index (Phi) is 4.97. The highest BCUT2D eigenvalue weighted by molar-refractivity contribution is 5.48. The molecule has 2 atom stereocenters. The Balaban J connectivity index is 2.09. The topological polar surface area (TPSA) is 15.3 Å². The highest BCUT2D eigenvalue weighted by atomic mass is 19.1. The number of nitrogens with zero attached hydrogens (tertiary/aromatic N) is 1. The first-order chi connectivity index (χ1) is 9.45. The average Bonchev–Trinajstić information content (AvgIpc) is 2.38. The van der Waals surface area contributed by atoms with E-state index >= 15 is 0 Å². The molecule has 2 rings (SSSR count). The second kappa shape index (κ2) is 6.53. The first-order valence-corrected chi connectivity index (χ1v) is 7.39. The van der Waals surface area contributed by atoms with Crippen LogP contribution in [0.5, 0.6) is 0 Å². The fourth-order valence-corrected chi connectivity index (χ4v) is 2.83. The Morgan fingerprint density at radius 2 is 2.05 bits per heavy atom. The number of anilines is 1. The van der Waals surface area contributed by atoms with Crippen molar-refractivity contribution in [3.63, 3.8) is 0 Å². The van der Waals surface area contributed by atoms with Crippen molar-refractivity contribution in [1.82, 2.24) is 5.32 Å². The number of nitrogens with one attached hydrogen (secondary N) is 1. The molecular formula is C16H24F2N2. The van der Waals surface area contributed by atoms with Gasteiger partial charge in [-0.05, 0) is 36.9 Å². The molecule has 0 saturated carbocycles. The maximum atomic E-state index is 13.9. The second-order valence-corrected chi connectivity index (χ2v) is 6.34. The van der Waals surface area contributed by atoms with Gasteiger partial charge < -0.3 is 10.2 Å². The van der Waals surface area contributed by atoms with E-state index in [0.717, 1.165) is 26.1 Å². The lowest BCUT2D eigenvalue weighted by Gasteiger charge is -2.38. The third-order valence-corrected chi connectivity index (χ3v) is 3.72. The summed E-state index contributed by atoms with van der Waals surface area (Å²) < 4.78 is 27.2. The average molecular weight is 282 g/mol. The van der Waals surface area contributed by atoms with Gasteiger partial charge in [-0.25, -0.2) is 8.78 Å². The Morgan fingerprint density at radius 3 is 2.75 bits per heavy atom. The molecule has 0 aliphatic carbocycles. The third kappa shape index (κ3) is 3.92. The molecule has 1 aliphatic heterocycles. The van der Waals surface area contributed by atoms with Crippen molar-refractivity contribution in [2.45, 2.75) is 33.2 Å². The maximum absolute atomic E-state index is 13.9.